The summed E-state index contributed by atoms with van der Waals surface area (Å²) in [5, 5.41) is 11.2. The molecule has 8 nitrogen and oxygen atoms in total. The molecule has 9 heteroatoms. The molecule has 0 spiro atoms. The molecule has 0 radical (unpaired) electrons. The van der Waals surface area contributed by atoms with Crippen LogP contribution in [-0.2, 0) is 11.3 Å². The van der Waals surface area contributed by atoms with Crippen LogP contribution in [0.4, 0.5) is 11.4 Å². The van der Waals surface area contributed by atoms with Crippen molar-refractivity contribution in [3.05, 3.63) is 56.4 Å². The Balaban J connectivity index is 1.90. The molecule has 2 aromatic rings. The van der Waals surface area contributed by atoms with Gasteiger partial charge in [0.15, 0.2) is 4.67 Å². The number of anilines is 1. The first-order valence-corrected chi connectivity index (χ1v) is 8.86. The maximum atomic E-state index is 13.0. The molecule has 1 aromatic heterocycles. The van der Waals surface area contributed by atoms with Gasteiger partial charge in [0.25, 0.3) is 11.6 Å². The van der Waals surface area contributed by atoms with Crippen LogP contribution in [-0.4, -0.2) is 49.1 Å². The molecule has 1 amide bonds. The summed E-state index contributed by atoms with van der Waals surface area (Å²) in [6.07, 6.45) is 0. The van der Waals surface area contributed by atoms with Crippen LogP contribution in [0.5, 0.6) is 0 Å². The normalized spacial score (nSPS) is 14.3. The molecule has 1 fully saturated rings. The molecular weight excluding hydrogens is 406 g/mol. The molecule has 0 unspecified atom stereocenters. The smallest absolute Gasteiger partial charge is 0.270 e. The number of ether oxygens (including phenoxy) is 1. The lowest BCUT2D eigenvalue weighted by atomic mass is 10.1. The number of hydrogen-bond acceptors (Lipinski definition) is 6. The molecule has 0 saturated carbocycles. The van der Waals surface area contributed by atoms with E-state index in [0.717, 1.165) is 0 Å². The highest BCUT2D eigenvalue weighted by atomic mass is 79.9. The summed E-state index contributed by atoms with van der Waals surface area (Å²) in [6, 6.07) is 7.91. The van der Waals surface area contributed by atoms with E-state index in [1.165, 1.54) is 17.0 Å². The number of nitro groups is 1. The van der Waals surface area contributed by atoms with E-state index < -0.39 is 4.92 Å². The van der Waals surface area contributed by atoms with Crippen LogP contribution in [0.3, 0.4) is 0 Å². The van der Waals surface area contributed by atoms with Crippen molar-refractivity contribution >= 4 is 33.2 Å². The first-order valence-electron chi connectivity index (χ1n) is 8.06. The second kappa shape index (κ2) is 7.88. The van der Waals surface area contributed by atoms with Crippen LogP contribution < -0.4 is 4.90 Å². The number of halogens is 1. The molecule has 26 heavy (non-hydrogen) atoms. The van der Waals surface area contributed by atoms with E-state index >= 15 is 0 Å². The summed E-state index contributed by atoms with van der Waals surface area (Å²) >= 11 is 3.23. The standard InChI is InChI=1S/C17H18BrN3O5/c1-19(11-13-3-5-16(18)26-13)17(22)14-10-12(21(23)24)2-4-15(14)20-6-8-25-9-7-20/h2-5,10H,6-9,11H2,1H3. The van der Waals surface area contributed by atoms with E-state index in [0.29, 0.717) is 48.0 Å². The Morgan fingerprint density at radius 2 is 2.04 bits per heavy atom. The maximum Gasteiger partial charge on any atom is 0.270 e. The van der Waals surface area contributed by atoms with E-state index in [2.05, 4.69) is 15.9 Å². The minimum Gasteiger partial charge on any atom is -0.452 e. The van der Waals surface area contributed by atoms with Crippen molar-refractivity contribution in [2.45, 2.75) is 6.54 Å². The number of nitro benzene ring substituents is 1. The highest BCUT2D eigenvalue weighted by Gasteiger charge is 2.24. The zero-order valence-corrected chi connectivity index (χ0v) is 15.8. The van der Waals surface area contributed by atoms with Gasteiger partial charge in [-0.15, -0.1) is 0 Å². The predicted molar refractivity (Wildman–Crippen MR) is 98.3 cm³/mol. The molecular formula is C17H18BrN3O5. The number of amides is 1. The minimum absolute atomic E-state index is 0.112. The fourth-order valence-corrected chi connectivity index (χ4v) is 3.18. The molecule has 1 aliphatic heterocycles. The van der Waals surface area contributed by atoms with Crippen molar-refractivity contribution in [3.8, 4) is 0 Å². The van der Waals surface area contributed by atoms with Crippen molar-refractivity contribution in [2.24, 2.45) is 0 Å². The Morgan fingerprint density at radius 1 is 1.31 bits per heavy atom. The lowest BCUT2D eigenvalue weighted by Gasteiger charge is -2.31. The van der Waals surface area contributed by atoms with Gasteiger partial charge in [0.1, 0.15) is 5.76 Å². The largest absolute Gasteiger partial charge is 0.452 e. The zero-order valence-electron chi connectivity index (χ0n) is 14.2. The molecule has 2 heterocycles. The number of furan rings is 1. The Labute approximate surface area is 158 Å². The Morgan fingerprint density at radius 3 is 2.65 bits per heavy atom. The fraction of sp³-hybridized carbons (Fsp3) is 0.353. The average molecular weight is 424 g/mol. The van der Waals surface area contributed by atoms with Crippen LogP contribution in [0, 0.1) is 10.1 Å². The molecule has 0 N–H and O–H groups in total. The second-order valence-corrected chi connectivity index (χ2v) is 6.71. The third kappa shape index (κ3) is 4.05. The molecule has 0 atom stereocenters. The maximum absolute atomic E-state index is 13.0. The quantitative estimate of drug-likeness (QED) is 0.542. The molecule has 138 valence electrons. The van der Waals surface area contributed by atoms with E-state index in [4.69, 9.17) is 9.15 Å². The number of nitrogens with zero attached hydrogens (tertiary/aromatic N) is 3. The van der Waals surface area contributed by atoms with Crippen molar-refractivity contribution in [1.82, 2.24) is 4.90 Å². The zero-order chi connectivity index (χ0) is 18.7. The summed E-state index contributed by atoms with van der Waals surface area (Å²) < 4.78 is 11.4. The first kappa shape index (κ1) is 18.4. The third-order valence-corrected chi connectivity index (χ3v) is 4.57. The van der Waals surface area contributed by atoms with Gasteiger partial charge >= 0.3 is 0 Å². The van der Waals surface area contributed by atoms with Gasteiger partial charge in [0.2, 0.25) is 0 Å². The second-order valence-electron chi connectivity index (χ2n) is 5.93. The molecule has 1 aliphatic rings. The summed E-state index contributed by atoms with van der Waals surface area (Å²) in [5.74, 6) is 0.314. The van der Waals surface area contributed by atoms with Gasteiger partial charge in [-0.3, -0.25) is 14.9 Å². The molecule has 0 bridgehead atoms. The van der Waals surface area contributed by atoms with Crippen molar-refractivity contribution < 1.29 is 18.9 Å². The number of carbonyl (C=O) groups is 1. The van der Waals surface area contributed by atoms with Crippen LogP contribution in [0.25, 0.3) is 0 Å². The molecule has 1 aromatic carbocycles. The Bertz CT molecular complexity index is 816. The third-order valence-electron chi connectivity index (χ3n) is 4.14. The van der Waals surface area contributed by atoms with Gasteiger partial charge in [0.05, 0.1) is 35.9 Å². The summed E-state index contributed by atoms with van der Waals surface area (Å²) in [7, 11) is 1.64. The van der Waals surface area contributed by atoms with E-state index in [9.17, 15) is 14.9 Å². The lowest BCUT2D eigenvalue weighted by Crippen LogP contribution is -2.38. The van der Waals surface area contributed by atoms with Gasteiger partial charge in [0, 0.05) is 32.3 Å². The summed E-state index contributed by atoms with van der Waals surface area (Å²) in [6.45, 7) is 2.64. The number of hydrogen-bond donors (Lipinski definition) is 0. The Hall–Kier alpha value is -2.39. The lowest BCUT2D eigenvalue weighted by molar-refractivity contribution is -0.384. The van der Waals surface area contributed by atoms with Crippen LogP contribution in [0.15, 0.2) is 39.4 Å². The highest BCUT2D eigenvalue weighted by molar-refractivity contribution is 9.10. The van der Waals surface area contributed by atoms with Crippen molar-refractivity contribution in [2.75, 3.05) is 38.3 Å². The van der Waals surface area contributed by atoms with Gasteiger partial charge < -0.3 is 19.0 Å². The molecule has 0 aliphatic carbocycles. The monoisotopic (exact) mass is 423 g/mol. The highest BCUT2D eigenvalue weighted by Crippen LogP contribution is 2.28. The van der Waals surface area contributed by atoms with E-state index in [-0.39, 0.29) is 18.1 Å². The van der Waals surface area contributed by atoms with Crippen molar-refractivity contribution in [1.29, 1.82) is 0 Å². The number of benzene rings is 1. The Kier molecular flexibility index (Phi) is 5.58. The number of carbonyl (C=O) groups excluding carboxylic acids is 1. The van der Waals surface area contributed by atoms with E-state index in [1.807, 2.05) is 4.90 Å². The number of morpholine rings is 1. The predicted octanol–water partition coefficient (Wildman–Crippen LogP) is 3.06. The number of non-ortho nitro benzene ring substituents is 1. The summed E-state index contributed by atoms with van der Waals surface area (Å²) in [4.78, 5) is 27.1. The first-order chi connectivity index (χ1) is 12.5. The topological polar surface area (TPSA) is 89.1 Å². The SMILES string of the molecule is CN(Cc1ccc(Br)o1)C(=O)c1cc([N+](=O)[O-])ccc1N1CCOCC1. The fourth-order valence-electron chi connectivity index (χ4n) is 2.84. The number of rotatable bonds is 5. The van der Waals surface area contributed by atoms with Gasteiger partial charge in [-0.05, 0) is 34.1 Å². The van der Waals surface area contributed by atoms with Crippen LogP contribution >= 0.6 is 15.9 Å². The molecule has 1 saturated heterocycles. The van der Waals surface area contributed by atoms with Crippen molar-refractivity contribution in [3.63, 3.8) is 0 Å². The summed E-state index contributed by atoms with van der Waals surface area (Å²) in [5.41, 5.74) is 0.866. The van der Waals surface area contributed by atoms with Gasteiger partial charge in [-0.2, -0.15) is 0 Å². The van der Waals surface area contributed by atoms with Crippen LogP contribution in [0.2, 0.25) is 0 Å². The minimum atomic E-state index is -0.497. The van der Waals surface area contributed by atoms with Gasteiger partial charge in [-0.1, -0.05) is 0 Å². The average Bonchev–Trinajstić information content (AvgIpc) is 3.06. The van der Waals surface area contributed by atoms with E-state index in [1.54, 1.807) is 25.2 Å². The molecule has 3 rings (SSSR count). The van der Waals surface area contributed by atoms with Gasteiger partial charge in [-0.25, -0.2) is 0 Å². The van der Waals surface area contributed by atoms with Crippen LogP contribution in [0.1, 0.15) is 16.1 Å².